The fourth-order valence-electron chi connectivity index (χ4n) is 2.57. The monoisotopic (exact) mass is 411 g/mol. The van der Waals surface area contributed by atoms with Crippen molar-refractivity contribution in [1.29, 1.82) is 0 Å². The highest BCUT2D eigenvalue weighted by Gasteiger charge is 2.15. The highest BCUT2D eigenvalue weighted by atomic mass is 19.3. The first-order chi connectivity index (χ1) is 14.0. The number of ether oxygens (including phenoxy) is 2. The molecule has 0 aliphatic carbocycles. The molecule has 2 N–H and O–H groups in total. The summed E-state index contributed by atoms with van der Waals surface area (Å²) >= 11 is 0. The Morgan fingerprint density at radius 3 is 2.76 bits per heavy atom. The summed E-state index contributed by atoms with van der Waals surface area (Å²) in [6.07, 6.45) is 1.42. The molecule has 0 fully saturated rings. The van der Waals surface area contributed by atoms with Crippen molar-refractivity contribution in [2.24, 2.45) is 4.99 Å². The van der Waals surface area contributed by atoms with E-state index in [-0.39, 0.29) is 18.0 Å². The molecule has 0 aliphatic rings. The van der Waals surface area contributed by atoms with Gasteiger partial charge >= 0.3 is 6.61 Å². The lowest BCUT2D eigenvalue weighted by Crippen LogP contribution is -2.37. The molecule has 29 heavy (non-hydrogen) atoms. The predicted molar refractivity (Wildman–Crippen MR) is 104 cm³/mol. The number of rotatable bonds is 11. The Hall–Kier alpha value is -2.91. The lowest BCUT2D eigenvalue weighted by molar-refractivity contribution is -0.0520. The number of aromatic nitrogens is 2. The van der Waals surface area contributed by atoms with E-state index in [1.54, 1.807) is 32.0 Å². The van der Waals surface area contributed by atoms with Crippen molar-refractivity contribution >= 4 is 5.96 Å². The van der Waals surface area contributed by atoms with Crippen LogP contribution in [0.15, 0.2) is 27.7 Å². The lowest BCUT2D eigenvalue weighted by Gasteiger charge is -2.15. The maximum Gasteiger partial charge on any atom is 0.387 e. The molecule has 0 atom stereocenters. The maximum atomic E-state index is 12.8. The van der Waals surface area contributed by atoms with E-state index in [0.717, 1.165) is 6.42 Å². The van der Waals surface area contributed by atoms with Gasteiger partial charge in [0.05, 0.1) is 13.2 Å². The largest absolute Gasteiger partial charge is 0.490 e. The first kappa shape index (κ1) is 22.4. The van der Waals surface area contributed by atoms with Gasteiger partial charge in [-0.25, -0.2) is 4.99 Å². The van der Waals surface area contributed by atoms with Gasteiger partial charge < -0.3 is 24.6 Å². The number of para-hydroxylation sites is 1. The minimum Gasteiger partial charge on any atom is -0.490 e. The Balaban J connectivity index is 2.00. The summed E-state index contributed by atoms with van der Waals surface area (Å²) in [5, 5.41) is 10.1. The van der Waals surface area contributed by atoms with Gasteiger partial charge in [0.15, 0.2) is 23.3 Å². The Bertz CT molecular complexity index is 783. The number of benzene rings is 1. The molecule has 0 saturated heterocycles. The molecule has 160 valence electrons. The van der Waals surface area contributed by atoms with Crippen LogP contribution in [-0.4, -0.2) is 42.4 Å². The molecule has 0 radical (unpaired) electrons. The highest BCUT2D eigenvalue weighted by molar-refractivity contribution is 5.79. The van der Waals surface area contributed by atoms with Crippen LogP contribution in [0.1, 0.15) is 37.5 Å². The zero-order chi connectivity index (χ0) is 21.1. The second kappa shape index (κ2) is 11.8. The van der Waals surface area contributed by atoms with Gasteiger partial charge in [-0.05, 0) is 33.3 Å². The number of hydrogen-bond donors (Lipinski definition) is 2. The van der Waals surface area contributed by atoms with E-state index in [4.69, 9.17) is 9.26 Å². The molecule has 0 spiro atoms. The number of aryl methyl sites for hydroxylation is 2. The van der Waals surface area contributed by atoms with Crippen molar-refractivity contribution in [2.75, 3.05) is 19.7 Å². The minimum absolute atomic E-state index is 0.00992. The van der Waals surface area contributed by atoms with Gasteiger partial charge in [-0.15, -0.1) is 0 Å². The summed E-state index contributed by atoms with van der Waals surface area (Å²) in [7, 11) is 0. The molecule has 0 unspecified atom stereocenters. The quantitative estimate of drug-likeness (QED) is 0.333. The molecule has 2 aromatic rings. The molecule has 0 aliphatic heterocycles. The van der Waals surface area contributed by atoms with E-state index < -0.39 is 6.61 Å². The van der Waals surface area contributed by atoms with E-state index in [1.807, 2.05) is 6.92 Å². The first-order valence-electron chi connectivity index (χ1n) is 9.54. The van der Waals surface area contributed by atoms with Crippen LogP contribution in [0.25, 0.3) is 0 Å². The third-order valence-corrected chi connectivity index (χ3v) is 3.75. The zero-order valence-electron chi connectivity index (χ0n) is 16.9. The standard InChI is InChI=1S/C19H27F2N5O3/c1-4-22-19(23-11-7-10-16-25-13(3)26-29-16)24-12-14-8-6-9-15(27-5-2)17(14)28-18(20)21/h6,8-9,18H,4-5,7,10-12H2,1-3H3,(H2,22,23,24). The van der Waals surface area contributed by atoms with Crippen molar-refractivity contribution in [1.82, 2.24) is 20.8 Å². The normalized spacial score (nSPS) is 11.6. The molecule has 0 saturated carbocycles. The van der Waals surface area contributed by atoms with Crippen LogP contribution >= 0.6 is 0 Å². The summed E-state index contributed by atoms with van der Waals surface area (Å²) in [5.41, 5.74) is 0.509. The number of halogens is 2. The van der Waals surface area contributed by atoms with E-state index in [1.165, 1.54) is 0 Å². The third kappa shape index (κ3) is 7.55. The molecule has 1 heterocycles. The number of aliphatic imine (C=N–C) groups is 1. The topological polar surface area (TPSA) is 93.8 Å². The van der Waals surface area contributed by atoms with E-state index in [9.17, 15) is 8.78 Å². The highest BCUT2D eigenvalue weighted by Crippen LogP contribution is 2.33. The van der Waals surface area contributed by atoms with Crippen LogP contribution in [0.2, 0.25) is 0 Å². The molecule has 0 amide bonds. The number of guanidine groups is 1. The van der Waals surface area contributed by atoms with Crippen molar-refractivity contribution in [3.63, 3.8) is 0 Å². The summed E-state index contributed by atoms with van der Waals surface area (Å²) in [6, 6.07) is 5.00. The predicted octanol–water partition coefficient (Wildman–Crippen LogP) is 3.07. The summed E-state index contributed by atoms with van der Waals surface area (Å²) in [6.45, 7) is 4.34. The van der Waals surface area contributed by atoms with Gasteiger partial charge in [-0.2, -0.15) is 13.8 Å². The molecule has 10 heteroatoms. The fourth-order valence-corrected chi connectivity index (χ4v) is 2.57. The van der Waals surface area contributed by atoms with E-state index in [2.05, 4.69) is 30.5 Å². The molecule has 1 aromatic heterocycles. The van der Waals surface area contributed by atoms with E-state index >= 15 is 0 Å². The van der Waals surface area contributed by atoms with Crippen LogP contribution in [0.5, 0.6) is 11.5 Å². The van der Waals surface area contributed by atoms with Crippen LogP contribution in [0, 0.1) is 6.92 Å². The minimum atomic E-state index is -2.95. The molecule has 0 bridgehead atoms. The average Bonchev–Trinajstić information content (AvgIpc) is 3.10. The van der Waals surface area contributed by atoms with Gasteiger partial charge in [-0.1, -0.05) is 17.3 Å². The van der Waals surface area contributed by atoms with Gasteiger partial charge in [0, 0.05) is 25.1 Å². The van der Waals surface area contributed by atoms with Crippen molar-refractivity contribution in [3.8, 4) is 11.5 Å². The van der Waals surface area contributed by atoms with Crippen molar-refractivity contribution in [2.45, 2.75) is 46.8 Å². The van der Waals surface area contributed by atoms with Gasteiger partial charge in [0.2, 0.25) is 5.89 Å². The van der Waals surface area contributed by atoms with Crippen LogP contribution in [-0.2, 0) is 13.0 Å². The van der Waals surface area contributed by atoms with Crippen LogP contribution in [0.3, 0.4) is 0 Å². The maximum absolute atomic E-state index is 12.8. The van der Waals surface area contributed by atoms with Gasteiger partial charge in [0.1, 0.15) is 0 Å². The van der Waals surface area contributed by atoms with Gasteiger partial charge in [0.25, 0.3) is 0 Å². The van der Waals surface area contributed by atoms with Crippen LogP contribution < -0.4 is 20.1 Å². The Labute approximate surface area is 168 Å². The van der Waals surface area contributed by atoms with Gasteiger partial charge in [-0.3, -0.25) is 0 Å². The van der Waals surface area contributed by atoms with Crippen molar-refractivity contribution in [3.05, 3.63) is 35.5 Å². The average molecular weight is 411 g/mol. The SMILES string of the molecule is CCNC(=NCc1cccc(OCC)c1OC(F)F)NCCCc1nc(C)no1. The molecular weight excluding hydrogens is 384 g/mol. The van der Waals surface area contributed by atoms with Crippen LogP contribution in [0.4, 0.5) is 8.78 Å². The third-order valence-electron chi connectivity index (χ3n) is 3.75. The van der Waals surface area contributed by atoms with Crippen molar-refractivity contribution < 1.29 is 22.8 Å². The molecule has 1 aromatic carbocycles. The smallest absolute Gasteiger partial charge is 0.387 e. The summed E-state index contributed by atoms with van der Waals surface area (Å²) in [4.78, 5) is 8.62. The number of nitrogens with zero attached hydrogens (tertiary/aromatic N) is 3. The number of nitrogens with one attached hydrogen (secondary N) is 2. The number of alkyl halides is 2. The zero-order valence-corrected chi connectivity index (χ0v) is 16.9. The lowest BCUT2D eigenvalue weighted by atomic mass is 10.2. The Morgan fingerprint density at radius 1 is 1.28 bits per heavy atom. The fraction of sp³-hybridized carbons (Fsp3) is 0.526. The summed E-state index contributed by atoms with van der Waals surface area (Å²) in [5.74, 6) is 2.05. The Kier molecular flexibility index (Phi) is 9.13. The Morgan fingerprint density at radius 2 is 2.10 bits per heavy atom. The molecule has 8 nitrogen and oxygen atoms in total. The summed E-state index contributed by atoms with van der Waals surface area (Å²) < 4.78 is 40.8. The number of hydrogen-bond acceptors (Lipinski definition) is 6. The molecule has 2 rings (SSSR count). The second-order valence-electron chi connectivity index (χ2n) is 6.02. The first-order valence-corrected chi connectivity index (χ1v) is 9.54. The molecular formula is C19H27F2N5O3. The van der Waals surface area contributed by atoms with E-state index in [0.29, 0.717) is 49.4 Å². The second-order valence-corrected chi connectivity index (χ2v) is 6.02.